The van der Waals surface area contributed by atoms with Crippen molar-refractivity contribution in [1.29, 1.82) is 0 Å². The van der Waals surface area contributed by atoms with Crippen molar-refractivity contribution in [1.82, 2.24) is 4.98 Å². The highest BCUT2D eigenvalue weighted by Crippen LogP contribution is 2.14. The van der Waals surface area contributed by atoms with Crippen molar-refractivity contribution in [3.8, 4) is 0 Å². The summed E-state index contributed by atoms with van der Waals surface area (Å²) in [6, 6.07) is 9.80. The molecule has 0 saturated heterocycles. The summed E-state index contributed by atoms with van der Waals surface area (Å²) in [6.45, 7) is 5.99. The number of hydrogen-bond donors (Lipinski definition) is 0. The molecule has 2 heteroatoms. The number of carbonyl (C=O) groups is 1. The molecule has 2 aromatic rings. The molecule has 0 radical (unpaired) electrons. The standard InChI is InChI=1S/C16H17NO/c1-11-6-7-14(13(3)9-11)16(18)10-15-12(2)5-4-8-17-15/h4-9H,10H2,1-3H3. The first-order chi connectivity index (χ1) is 8.58. The van der Waals surface area contributed by atoms with Crippen molar-refractivity contribution in [2.45, 2.75) is 27.2 Å². The molecule has 0 bridgehead atoms. The van der Waals surface area contributed by atoms with Crippen molar-refractivity contribution in [2.75, 3.05) is 0 Å². The Morgan fingerprint density at radius 2 is 1.89 bits per heavy atom. The normalized spacial score (nSPS) is 10.4. The van der Waals surface area contributed by atoms with Gasteiger partial charge in [0.2, 0.25) is 0 Å². The molecule has 2 nitrogen and oxygen atoms in total. The molecule has 0 fully saturated rings. The third-order valence-corrected chi connectivity index (χ3v) is 3.13. The van der Waals surface area contributed by atoms with Crippen LogP contribution in [0.15, 0.2) is 36.5 Å². The maximum atomic E-state index is 12.3. The van der Waals surface area contributed by atoms with Crippen molar-refractivity contribution in [3.05, 3.63) is 64.5 Å². The van der Waals surface area contributed by atoms with Crippen LogP contribution >= 0.6 is 0 Å². The molecule has 0 unspecified atom stereocenters. The number of ketones is 1. The zero-order valence-electron chi connectivity index (χ0n) is 11.0. The van der Waals surface area contributed by atoms with Crippen LogP contribution in [0, 0.1) is 20.8 Å². The Labute approximate surface area is 108 Å². The average molecular weight is 239 g/mol. The Kier molecular flexibility index (Phi) is 3.56. The number of benzene rings is 1. The minimum Gasteiger partial charge on any atom is -0.294 e. The SMILES string of the molecule is Cc1ccc(C(=O)Cc2ncccc2C)c(C)c1. The number of hydrogen-bond acceptors (Lipinski definition) is 2. The summed E-state index contributed by atoms with van der Waals surface area (Å²) in [5.74, 6) is 0.134. The predicted octanol–water partition coefficient (Wildman–Crippen LogP) is 3.43. The van der Waals surface area contributed by atoms with Crippen LogP contribution in [-0.2, 0) is 6.42 Å². The van der Waals surface area contributed by atoms with Crippen LogP contribution in [0.25, 0.3) is 0 Å². The van der Waals surface area contributed by atoms with Crippen LogP contribution in [0.2, 0.25) is 0 Å². The molecular weight excluding hydrogens is 222 g/mol. The minimum absolute atomic E-state index is 0.134. The van der Waals surface area contributed by atoms with Gasteiger partial charge in [0.1, 0.15) is 0 Å². The van der Waals surface area contributed by atoms with E-state index in [1.807, 2.05) is 51.1 Å². The Bertz CT molecular complexity index is 587. The van der Waals surface area contributed by atoms with E-state index in [2.05, 4.69) is 4.98 Å². The summed E-state index contributed by atoms with van der Waals surface area (Å²) in [7, 11) is 0. The second kappa shape index (κ2) is 5.13. The highest BCUT2D eigenvalue weighted by atomic mass is 16.1. The van der Waals surface area contributed by atoms with Crippen LogP contribution in [0.5, 0.6) is 0 Å². The molecule has 0 aliphatic rings. The lowest BCUT2D eigenvalue weighted by Crippen LogP contribution is -2.08. The fraction of sp³-hybridized carbons (Fsp3) is 0.250. The van der Waals surface area contributed by atoms with Gasteiger partial charge in [0, 0.05) is 11.8 Å². The Morgan fingerprint density at radius 1 is 1.11 bits per heavy atom. The largest absolute Gasteiger partial charge is 0.294 e. The number of pyridine rings is 1. The fourth-order valence-corrected chi connectivity index (χ4v) is 2.08. The second-order valence-electron chi connectivity index (χ2n) is 4.69. The second-order valence-corrected chi connectivity index (χ2v) is 4.69. The van der Waals surface area contributed by atoms with Crippen LogP contribution in [0.3, 0.4) is 0 Å². The zero-order chi connectivity index (χ0) is 13.1. The highest BCUT2D eigenvalue weighted by molar-refractivity contribution is 5.98. The maximum absolute atomic E-state index is 12.3. The summed E-state index contributed by atoms with van der Waals surface area (Å²) in [4.78, 5) is 16.5. The molecule has 2 rings (SSSR count). The summed E-state index contributed by atoms with van der Waals surface area (Å²) < 4.78 is 0. The molecule has 0 spiro atoms. The Morgan fingerprint density at radius 3 is 2.56 bits per heavy atom. The number of nitrogens with zero attached hydrogens (tertiary/aromatic N) is 1. The molecule has 1 aromatic heterocycles. The Hall–Kier alpha value is -1.96. The van der Waals surface area contributed by atoms with Crippen molar-refractivity contribution in [3.63, 3.8) is 0 Å². The number of carbonyl (C=O) groups excluding carboxylic acids is 1. The number of aromatic nitrogens is 1. The lowest BCUT2D eigenvalue weighted by Gasteiger charge is -2.07. The van der Waals surface area contributed by atoms with Crippen molar-refractivity contribution >= 4 is 5.78 Å². The van der Waals surface area contributed by atoms with Gasteiger partial charge in [-0.2, -0.15) is 0 Å². The van der Waals surface area contributed by atoms with Crippen LogP contribution < -0.4 is 0 Å². The summed E-state index contributed by atoms with van der Waals surface area (Å²) in [5, 5.41) is 0. The van der Waals surface area contributed by atoms with Crippen molar-refractivity contribution in [2.24, 2.45) is 0 Å². The lowest BCUT2D eigenvalue weighted by molar-refractivity contribution is 0.0991. The molecule has 92 valence electrons. The first kappa shape index (κ1) is 12.5. The van der Waals surface area contributed by atoms with E-state index >= 15 is 0 Å². The third-order valence-electron chi connectivity index (χ3n) is 3.13. The molecule has 0 amide bonds. The summed E-state index contributed by atoms with van der Waals surface area (Å²) in [5.41, 5.74) is 4.94. The smallest absolute Gasteiger partial charge is 0.169 e. The van der Waals surface area contributed by atoms with E-state index < -0.39 is 0 Å². The first-order valence-corrected chi connectivity index (χ1v) is 6.09. The van der Waals surface area contributed by atoms with E-state index in [0.29, 0.717) is 6.42 Å². The molecule has 0 N–H and O–H groups in total. The fourth-order valence-electron chi connectivity index (χ4n) is 2.08. The molecule has 1 heterocycles. The maximum Gasteiger partial charge on any atom is 0.169 e. The number of aryl methyl sites for hydroxylation is 3. The topological polar surface area (TPSA) is 30.0 Å². The zero-order valence-corrected chi connectivity index (χ0v) is 11.0. The van der Waals surface area contributed by atoms with E-state index in [9.17, 15) is 4.79 Å². The third kappa shape index (κ3) is 2.65. The van der Waals surface area contributed by atoms with Gasteiger partial charge in [-0.25, -0.2) is 0 Å². The molecule has 1 aromatic carbocycles. The number of Topliss-reactive ketones (excluding diaryl/α,β-unsaturated/α-hetero) is 1. The van der Waals surface area contributed by atoms with E-state index in [1.54, 1.807) is 6.20 Å². The molecule has 0 aliphatic heterocycles. The van der Waals surface area contributed by atoms with Gasteiger partial charge in [-0.15, -0.1) is 0 Å². The molecule has 18 heavy (non-hydrogen) atoms. The van der Waals surface area contributed by atoms with Gasteiger partial charge in [0.25, 0.3) is 0 Å². The van der Waals surface area contributed by atoms with E-state index in [1.165, 1.54) is 5.56 Å². The monoisotopic (exact) mass is 239 g/mol. The van der Waals surface area contributed by atoms with Gasteiger partial charge in [-0.05, 0) is 38.0 Å². The van der Waals surface area contributed by atoms with Crippen molar-refractivity contribution < 1.29 is 4.79 Å². The summed E-state index contributed by atoms with van der Waals surface area (Å²) in [6.07, 6.45) is 2.11. The molecular formula is C16H17NO. The number of rotatable bonds is 3. The van der Waals surface area contributed by atoms with Crippen LogP contribution in [0.4, 0.5) is 0 Å². The van der Waals surface area contributed by atoms with E-state index in [0.717, 1.165) is 22.4 Å². The van der Waals surface area contributed by atoms with Crippen LogP contribution in [-0.4, -0.2) is 10.8 Å². The predicted molar refractivity (Wildman–Crippen MR) is 72.9 cm³/mol. The van der Waals surface area contributed by atoms with Gasteiger partial charge in [-0.3, -0.25) is 9.78 Å². The lowest BCUT2D eigenvalue weighted by atomic mass is 9.98. The van der Waals surface area contributed by atoms with Gasteiger partial charge in [0.05, 0.1) is 12.1 Å². The highest BCUT2D eigenvalue weighted by Gasteiger charge is 2.11. The quantitative estimate of drug-likeness (QED) is 0.768. The molecule has 0 saturated carbocycles. The minimum atomic E-state index is 0.134. The molecule has 0 atom stereocenters. The van der Waals surface area contributed by atoms with Gasteiger partial charge in [0.15, 0.2) is 5.78 Å². The van der Waals surface area contributed by atoms with Crippen LogP contribution in [0.1, 0.15) is 32.7 Å². The van der Waals surface area contributed by atoms with Gasteiger partial charge < -0.3 is 0 Å². The van der Waals surface area contributed by atoms with Gasteiger partial charge >= 0.3 is 0 Å². The average Bonchev–Trinajstić information content (AvgIpc) is 2.32. The Balaban J connectivity index is 2.25. The van der Waals surface area contributed by atoms with E-state index in [-0.39, 0.29) is 5.78 Å². The molecule has 0 aliphatic carbocycles. The first-order valence-electron chi connectivity index (χ1n) is 6.09. The van der Waals surface area contributed by atoms with E-state index in [4.69, 9.17) is 0 Å². The summed E-state index contributed by atoms with van der Waals surface area (Å²) >= 11 is 0. The van der Waals surface area contributed by atoms with Gasteiger partial charge in [-0.1, -0.05) is 29.8 Å².